The van der Waals surface area contributed by atoms with Crippen molar-refractivity contribution < 1.29 is 10.2 Å². The van der Waals surface area contributed by atoms with Crippen LogP contribution in [0.2, 0.25) is 0 Å². The number of aliphatic hydroxyl groups excluding tert-OH is 2. The van der Waals surface area contributed by atoms with E-state index in [1.807, 2.05) is 0 Å². The van der Waals surface area contributed by atoms with Crippen LogP contribution in [0.15, 0.2) is 0 Å². The maximum absolute atomic E-state index is 8.82. The van der Waals surface area contributed by atoms with Crippen LogP contribution in [0.1, 0.15) is 39.5 Å². The lowest BCUT2D eigenvalue weighted by Gasteiger charge is -2.19. The molecule has 0 heterocycles. The van der Waals surface area contributed by atoms with Gasteiger partial charge in [-0.1, -0.05) is 26.2 Å². The van der Waals surface area contributed by atoms with E-state index in [9.17, 15) is 0 Å². The Bertz CT molecular complexity index is 105. The second kappa shape index (κ2) is 8.48. The van der Waals surface area contributed by atoms with Gasteiger partial charge < -0.3 is 15.5 Å². The summed E-state index contributed by atoms with van der Waals surface area (Å²) < 4.78 is 0. The average molecular weight is 189 g/mol. The van der Waals surface area contributed by atoms with Gasteiger partial charge in [0.05, 0.1) is 19.3 Å². The summed E-state index contributed by atoms with van der Waals surface area (Å²) in [4.78, 5) is 0. The summed E-state index contributed by atoms with van der Waals surface area (Å²) in [6, 6.07) is 0.229. The SMILES string of the molecule is CCCCC[C@@H](C)NC(CO)CO. The van der Waals surface area contributed by atoms with Gasteiger partial charge in [-0.15, -0.1) is 0 Å². The number of hydrogen-bond acceptors (Lipinski definition) is 3. The molecule has 80 valence electrons. The fraction of sp³-hybridized carbons (Fsp3) is 1.00. The van der Waals surface area contributed by atoms with Gasteiger partial charge in [0, 0.05) is 6.04 Å². The molecular formula is C10H23NO2. The average Bonchev–Trinajstić information content (AvgIpc) is 2.14. The molecule has 3 N–H and O–H groups in total. The molecule has 0 saturated heterocycles. The maximum atomic E-state index is 8.82. The Kier molecular flexibility index (Phi) is 8.40. The first-order chi connectivity index (χ1) is 6.24. The third-order valence-corrected chi connectivity index (χ3v) is 2.20. The zero-order chi connectivity index (χ0) is 10.1. The predicted molar refractivity (Wildman–Crippen MR) is 54.7 cm³/mol. The molecule has 0 saturated carbocycles. The van der Waals surface area contributed by atoms with Crippen LogP contribution in [0.4, 0.5) is 0 Å². The molecular weight excluding hydrogens is 166 g/mol. The summed E-state index contributed by atoms with van der Waals surface area (Å²) in [6.07, 6.45) is 4.82. The zero-order valence-electron chi connectivity index (χ0n) is 8.79. The highest BCUT2D eigenvalue weighted by atomic mass is 16.3. The second-order valence-electron chi connectivity index (χ2n) is 3.63. The Balaban J connectivity index is 3.42. The lowest BCUT2D eigenvalue weighted by Crippen LogP contribution is -2.41. The standard InChI is InChI=1S/C10H23NO2/c1-3-4-5-6-9(2)11-10(7-12)8-13/h9-13H,3-8H2,1-2H3/t9-/m1/s1. The molecule has 3 heteroatoms. The molecule has 0 radical (unpaired) electrons. The molecule has 3 nitrogen and oxygen atoms in total. The second-order valence-corrected chi connectivity index (χ2v) is 3.63. The first-order valence-electron chi connectivity index (χ1n) is 5.22. The summed E-state index contributed by atoms with van der Waals surface area (Å²) in [7, 11) is 0. The van der Waals surface area contributed by atoms with E-state index >= 15 is 0 Å². The molecule has 13 heavy (non-hydrogen) atoms. The minimum Gasteiger partial charge on any atom is -0.395 e. The first-order valence-corrected chi connectivity index (χ1v) is 5.22. The molecule has 0 amide bonds. The van der Waals surface area contributed by atoms with Gasteiger partial charge in [-0.3, -0.25) is 0 Å². The van der Waals surface area contributed by atoms with Crippen LogP contribution in [-0.2, 0) is 0 Å². The van der Waals surface area contributed by atoms with Gasteiger partial charge in [-0.05, 0) is 13.3 Å². The van der Waals surface area contributed by atoms with Crippen molar-refractivity contribution in [3.63, 3.8) is 0 Å². The fourth-order valence-electron chi connectivity index (χ4n) is 1.35. The van der Waals surface area contributed by atoms with Crippen LogP contribution in [-0.4, -0.2) is 35.5 Å². The number of aliphatic hydroxyl groups is 2. The van der Waals surface area contributed by atoms with Gasteiger partial charge in [-0.2, -0.15) is 0 Å². The van der Waals surface area contributed by atoms with Crippen molar-refractivity contribution in [3.8, 4) is 0 Å². The zero-order valence-corrected chi connectivity index (χ0v) is 8.79. The molecule has 0 aliphatic rings. The van der Waals surface area contributed by atoms with Gasteiger partial charge in [0.2, 0.25) is 0 Å². The largest absolute Gasteiger partial charge is 0.395 e. The van der Waals surface area contributed by atoms with Gasteiger partial charge in [0.15, 0.2) is 0 Å². The summed E-state index contributed by atoms with van der Waals surface area (Å²) in [5, 5.41) is 20.8. The number of hydrogen-bond donors (Lipinski definition) is 3. The van der Waals surface area contributed by atoms with E-state index in [1.54, 1.807) is 0 Å². The van der Waals surface area contributed by atoms with Crippen molar-refractivity contribution in [2.75, 3.05) is 13.2 Å². The fourth-order valence-corrected chi connectivity index (χ4v) is 1.35. The molecule has 0 aliphatic carbocycles. The van der Waals surface area contributed by atoms with Crippen molar-refractivity contribution in [1.82, 2.24) is 5.32 Å². The third-order valence-electron chi connectivity index (χ3n) is 2.20. The molecule has 0 aromatic rings. The molecule has 1 atom stereocenters. The quantitative estimate of drug-likeness (QED) is 0.497. The van der Waals surface area contributed by atoms with Gasteiger partial charge in [-0.25, -0.2) is 0 Å². The van der Waals surface area contributed by atoms with Gasteiger partial charge in [0.1, 0.15) is 0 Å². The van der Waals surface area contributed by atoms with Crippen molar-refractivity contribution >= 4 is 0 Å². The molecule has 0 fully saturated rings. The van der Waals surface area contributed by atoms with Crippen LogP contribution in [0.5, 0.6) is 0 Å². The lowest BCUT2D eigenvalue weighted by molar-refractivity contribution is 0.162. The van der Waals surface area contributed by atoms with E-state index in [1.165, 1.54) is 19.3 Å². The van der Waals surface area contributed by atoms with Crippen LogP contribution < -0.4 is 5.32 Å². The molecule has 0 aliphatic heterocycles. The van der Waals surface area contributed by atoms with E-state index in [4.69, 9.17) is 10.2 Å². The minimum atomic E-state index is -0.156. The first kappa shape index (κ1) is 12.9. The van der Waals surface area contributed by atoms with Crippen molar-refractivity contribution in [1.29, 1.82) is 0 Å². The highest BCUT2D eigenvalue weighted by molar-refractivity contribution is 4.69. The van der Waals surface area contributed by atoms with Crippen molar-refractivity contribution in [2.24, 2.45) is 0 Å². The summed E-state index contributed by atoms with van der Waals surface area (Å²) in [5.74, 6) is 0. The monoisotopic (exact) mass is 189 g/mol. The number of rotatable bonds is 8. The predicted octanol–water partition coefficient (Wildman–Crippen LogP) is 0.898. The topological polar surface area (TPSA) is 52.5 Å². The molecule has 0 aromatic carbocycles. The van der Waals surface area contributed by atoms with Crippen LogP contribution in [0.3, 0.4) is 0 Å². The lowest BCUT2D eigenvalue weighted by atomic mass is 10.1. The number of nitrogens with one attached hydrogen (secondary N) is 1. The summed E-state index contributed by atoms with van der Waals surface area (Å²) >= 11 is 0. The Morgan fingerprint density at radius 1 is 1.15 bits per heavy atom. The van der Waals surface area contributed by atoms with Gasteiger partial charge >= 0.3 is 0 Å². The Morgan fingerprint density at radius 3 is 2.23 bits per heavy atom. The van der Waals surface area contributed by atoms with Crippen molar-refractivity contribution in [2.45, 2.75) is 51.6 Å². The third kappa shape index (κ3) is 6.99. The highest BCUT2D eigenvalue weighted by Gasteiger charge is 2.08. The normalized spacial score (nSPS) is 13.6. The molecule has 0 rings (SSSR count). The maximum Gasteiger partial charge on any atom is 0.0607 e. The van der Waals surface area contributed by atoms with Crippen LogP contribution >= 0.6 is 0 Å². The highest BCUT2D eigenvalue weighted by Crippen LogP contribution is 2.03. The van der Waals surface area contributed by atoms with Gasteiger partial charge in [0.25, 0.3) is 0 Å². The summed E-state index contributed by atoms with van der Waals surface area (Å²) in [6.45, 7) is 4.29. The molecule has 0 spiro atoms. The van der Waals surface area contributed by atoms with E-state index in [0.29, 0.717) is 6.04 Å². The van der Waals surface area contributed by atoms with E-state index in [-0.39, 0.29) is 19.3 Å². The van der Waals surface area contributed by atoms with E-state index in [0.717, 1.165) is 6.42 Å². The van der Waals surface area contributed by atoms with Crippen molar-refractivity contribution in [3.05, 3.63) is 0 Å². The Hall–Kier alpha value is -0.120. The molecule has 0 aromatic heterocycles. The number of unbranched alkanes of at least 4 members (excludes halogenated alkanes) is 2. The molecule has 0 unspecified atom stereocenters. The molecule has 0 bridgehead atoms. The van der Waals surface area contributed by atoms with E-state index in [2.05, 4.69) is 19.2 Å². The smallest absolute Gasteiger partial charge is 0.0607 e. The Labute approximate surface area is 81.2 Å². The Morgan fingerprint density at radius 2 is 1.77 bits per heavy atom. The van der Waals surface area contributed by atoms with E-state index < -0.39 is 0 Å². The summed E-state index contributed by atoms with van der Waals surface area (Å²) in [5.41, 5.74) is 0. The van der Waals surface area contributed by atoms with Crippen LogP contribution in [0, 0.1) is 0 Å². The minimum absolute atomic E-state index is 0.00855. The van der Waals surface area contributed by atoms with Crippen LogP contribution in [0.25, 0.3) is 0 Å².